The fourth-order valence-electron chi connectivity index (χ4n) is 11.4. The van der Waals surface area contributed by atoms with Gasteiger partial charge in [0.2, 0.25) is 5.91 Å². The van der Waals surface area contributed by atoms with Crippen LogP contribution in [-0.2, 0) is 14.3 Å². The number of fused-ring (bicyclic) bond motifs is 5. The Bertz CT molecular complexity index is 1110. The number of carbonyl (C=O) groups excluding carboxylic acids is 2. The van der Waals surface area contributed by atoms with E-state index in [0.717, 1.165) is 113 Å². The predicted octanol–water partition coefficient (Wildman–Crippen LogP) is 9.79. The molecule has 4 aliphatic carbocycles. The first kappa shape index (κ1) is 50.4. The van der Waals surface area contributed by atoms with Gasteiger partial charge in [0.05, 0.1) is 6.04 Å². The van der Waals surface area contributed by atoms with Crippen molar-refractivity contribution in [3.8, 4) is 0 Å². The first-order valence-corrected chi connectivity index (χ1v) is 21.3. The molecule has 53 heavy (non-hydrogen) atoms. The molecular formula is C43H81Cl3N4O3. The summed E-state index contributed by atoms with van der Waals surface area (Å²) < 4.78 is 6.18. The van der Waals surface area contributed by atoms with Gasteiger partial charge >= 0.3 is 5.97 Å². The summed E-state index contributed by atoms with van der Waals surface area (Å²) in [4.78, 5) is 28.5. The van der Waals surface area contributed by atoms with Crippen LogP contribution in [0.3, 0.4) is 0 Å². The highest BCUT2D eigenvalue weighted by Gasteiger charge is 2.59. The number of hydrogen-bond donors (Lipinski definition) is 3. The zero-order valence-electron chi connectivity index (χ0n) is 34.3. The van der Waals surface area contributed by atoms with E-state index in [1.54, 1.807) is 4.90 Å². The van der Waals surface area contributed by atoms with Gasteiger partial charge in [0.1, 0.15) is 12.6 Å². The molecule has 0 radical (unpaired) electrons. The first-order chi connectivity index (χ1) is 23.9. The van der Waals surface area contributed by atoms with E-state index in [4.69, 9.17) is 21.9 Å². The van der Waals surface area contributed by atoms with E-state index in [1.165, 1.54) is 56.9 Å². The van der Waals surface area contributed by atoms with Gasteiger partial charge < -0.3 is 26.8 Å². The van der Waals surface area contributed by atoms with Crippen molar-refractivity contribution in [3.05, 3.63) is 11.6 Å². The van der Waals surface area contributed by atoms with Crippen molar-refractivity contribution in [3.63, 3.8) is 0 Å². The summed E-state index contributed by atoms with van der Waals surface area (Å²) in [5.41, 5.74) is 19.9. The average molecular weight is 809 g/mol. The Morgan fingerprint density at radius 1 is 0.811 bits per heavy atom. The molecule has 9 atom stereocenters. The molecule has 0 aromatic rings. The molecule has 3 saturated carbocycles. The topological polar surface area (TPSA) is 125 Å². The minimum absolute atomic E-state index is 0. The van der Waals surface area contributed by atoms with Crippen LogP contribution < -0.4 is 17.2 Å². The molecule has 4 aliphatic rings. The summed E-state index contributed by atoms with van der Waals surface area (Å²) in [7, 11) is 0. The average Bonchev–Trinajstić information content (AvgIpc) is 3.44. The lowest BCUT2D eigenvalue weighted by molar-refractivity contribution is -0.156. The molecule has 10 heteroatoms. The van der Waals surface area contributed by atoms with E-state index in [1.807, 2.05) is 0 Å². The molecule has 7 nitrogen and oxygen atoms in total. The fraction of sp³-hybridized carbons (Fsp3) is 0.907. The van der Waals surface area contributed by atoms with Crippen LogP contribution in [0.4, 0.5) is 0 Å². The second-order valence-corrected chi connectivity index (χ2v) is 18.2. The maximum atomic E-state index is 13.4. The van der Waals surface area contributed by atoms with Gasteiger partial charge in [0, 0.05) is 13.0 Å². The molecule has 312 valence electrons. The van der Waals surface area contributed by atoms with Crippen LogP contribution in [0, 0.1) is 46.3 Å². The molecule has 0 spiro atoms. The quantitative estimate of drug-likeness (QED) is 0.0603. The summed E-state index contributed by atoms with van der Waals surface area (Å²) in [6.07, 6.45) is 24.9. The van der Waals surface area contributed by atoms with Crippen LogP contribution >= 0.6 is 37.2 Å². The molecule has 0 bridgehead atoms. The number of unbranched alkanes of at least 4 members (excludes halogenated alkanes) is 6. The summed E-state index contributed by atoms with van der Waals surface area (Å²) in [5.74, 6) is 4.49. The number of allylic oxidation sites excluding steroid dienone is 1. The van der Waals surface area contributed by atoms with Gasteiger partial charge in [-0.05, 0) is 130 Å². The van der Waals surface area contributed by atoms with Crippen molar-refractivity contribution < 1.29 is 14.3 Å². The van der Waals surface area contributed by atoms with E-state index < -0.39 is 6.04 Å². The molecule has 0 aromatic heterocycles. The van der Waals surface area contributed by atoms with Crippen LogP contribution in [-0.4, -0.2) is 55.1 Å². The largest absolute Gasteiger partial charge is 0.461 e. The summed E-state index contributed by atoms with van der Waals surface area (Å²) in [6, 6.07) is -0.602. The van der Waals surface area contributed by atoms with Crippen molar-refractivity contribution in [1.29, 1.82) is 0 Å². The first-order valence-electron chi connectivity index (χ1n) is 21.3. The van der Waals surface area contributed by atoms with Gasteiger partial charge in [-0.25, -0.2) is 0 Å². The summed E-state index contributed by atoms with van der Waals surface area (Å²) in [5, 5.41) is 0. The number of carbonyl (C=O) groups is 2. The van der Waals surface area contributed by atoms with Crippen LogP contribution in [0.15, 0.2) is 11.6 Å². The lowest BCUT2D eigenvalue weighted by Gasteiger charge is -2.58. The zero-order valence-corrected chi connectivity index (χ0v) is 36.7. The Balaban J connectivity index is 0.00000468. The van der Waals surface area contributed by atoms with Crippen LogP contribution in [0.25, 0.3) is 0 Å². The van der Waals surface area contributed by atoms with E-state index in [0.29, 0.717) is 24.9 Å². The number of amides is 1. The van der Waals surface area contributed by atoms with E-state index in [9.17, 15) is 9.59 Å². The number of nitrogens with two attached hydrogens (primary N) is 3. The Kier molecular flexibility index (Phi) is 23.1. The smallest absolute Gasteiger partial charge is 0.325 e. The predicted molar refractivity (Wildman–Crippen MR) is 229 cm³/mol. The van der Waals surface area contributed by atoms with Crippen LogP contribution in [0.1, 0.15) is 163 Å². The summed E-state index contributed by atoms with van der Waals surface area (Å²) >= 11 is 0. The van der Waals surface area contributed by atoms with Crippen molar-refractivity contribution in [2.45, 2.75) is 175 Å². The van der Waals surface area contributed by atoms with Gasteiger partial charge in [-0.3, -0.25) is 9.59 Å². The highest BCUT2D eigenvalue weighted by atomic mass is 35.5. The molecule has 3 fully saturated rings. The molecule has 0 heterocycles. The van der Waals surface area contributed by atoms with Crippen molar-refractivity contribution in [2.24, 2.45) is 63.5 Å². The third-order valence-corrected chi connectivity index (χ3v) is 14.4. The Labute approximate surface area is 343 Å². The Morgan fingerprint density at radius 2 is 1.47 bits per heavy atom. The van der Waals surface area contributed by atoms with Crippen LogP contribution in [0.2, 0.25) is 0 Å². The highest BCUT2D eigenvalue weighted by molar-refractivity contribution is 5.86. The molecular weight excluding hydrogens is 727 g/mol. The molecule has 0 aromatic carbocycles. The summed E-state index contributed by atoms with van der Waals surface area (Å²) in [6.45, 7) is 14.4. The van der Waals surface area contributed by atoms with Gasteiger partial charge in [-0.2, -0.15) is 0 Å². The minimum atomic E-state index is -0.602. The Morgan fingerprint density at radius 3 is 2.15 bits per heavy atom. The second-order valence-electron chi connectivity index (χ2n) is 18.2. The molecule has 0 saturated heterocycles. The van der Waals surface area contributed by atoms with Crippen molar-refractivity contribution in [1.82, 2.24) is 4.90 Å². The van der Waals surface area contributed by atoms with E-state index in [-0.39, 0.29) is 67.2 Å². The number of hydrogen-bond acceptors (Lipinski definition) is 6. The number of rotatable bonds is 21. The highest BCUT2D eigenvalue weighted by Crippen LogP contribution is 2.67. The van der Waals surface area contributed by atoms with Gasteiger partial charge in [-0.1, -0.05) is 97.6 Å². The lowest BCUT2D eigenvalue weighted by Crippen LogP contribution is -2.51. The van der Waals surface area contributed by atoms with E-state index in [2.05, 4.69) is 40.7 Å². The van der Waals surface area contributed by atoms with Gasteiger partial charge in [0.25, 0.3) is 0 Å². The molecule has 0 aliphatic heterocycles. The van der Waals surface area contributed by atoms with Crippen molar-refractivity contribution in [2.75, 3.05) is 26.2 Å². The second kappa shape index (κ2) is 24.3. The maximum absolute atomic E-state index is 13.4. The number of ether oxygens (including phenoxy) is 1. The molecule has 1 amide bonds. The molecule has 6 N–H and O–H groups in total. The number of halogens is 3. The van der Waals surface area contributed by atoms with Gasteiger partial charge in [-0.15, -0.1) is 37.2 Å². The normalized spacial score (nSPS) is 29.9. The number of esters is 1. The maximum Gasteiger partial charge on any atom is 0.325 e. The standard InChI is InChI=1S/C43H78N4O3.3ClH/c1-31(2)15-14-16-32(3)36-20-21-37-35-19-18-33-29-34(22-24-42(33,4)38(35)23-25-43(36,37)5)50-40(48)30-47(28-13-9-7-6-8-11-26-44)41(49)39(46)17-10-12-27-45;;;/h18,31-32,34-39H,6-17,19-30,44-46H2,1-5H3;3*1H/t32-,34+,35+,36-,37+,38+,39+,42+,43-;;;/m1.../s1. The number of nitrogens with zero attached hydrogens (tertiary/aromatic N) is 1. The minimum Gasteiger partial charge on any atom is -0.461 e. The SMILES string of the molecule is CC(C)CCC[C@@H](C)[C@H]1CC[C@H]2[C@@H]3CC=C4C[C@@H](OC(=O)CN(CCCCCCCCN)C(=O)[C@@H](N)CCCCN)CC[C@]4(C)[C@H]3CC[C@]12C.Cl.Cl.Cl. The fourth-order valence-corrected chi connectivity index (χ4v) is 11.4. The third kappa shape index (κ3) is 13.2. The Hall–Kier alpha value is -0.570. The monoisotopic (exact) mass is 807 g/mol. The van der Waals surface area contributed by atoms with Gasteiger partial charge in [0.15, 0.2) is 0 Å². The molecule has 0 unspecified atom stereocenters. The van der Waals surface area contributed by atoms with Crippen molar-refractivity contribution >= 4 is 49.1 Å². The third-order valence-electron chi connectivity index (χ3n) is 14.4. The zero-order chi connectivity index (χ0) is 36.3. The molecule has 4 rings (SSSR count). The van der Waals surface area contributed by atoms with Crippen LogP contribution in [0.5, 0.6) is 0 Å². The lowest BCUT2D eigenvalue weighted by atomic mass is 9.47. The van der Waals surface area contributed by atoms with E-state index >= 15 is 0 Å².